The van der Waals surface area contributed by atoms with Crippen LogP contribution in [-0.2, 0) is 4.79 Å². The maximum absolute atomic E-state index is 12.9. The number of halogens is 1. The quantitative estimate of drug-likeness (QED) is 0.453. The predicted octanol–water partition coefficient (Wildman–Crippen LogP) is 2.76. The molecule has 1 aromatic heterocycles. The third-order valence-corrected chi connectivity index (χ3v) is 7.25. The average Bonchev–Trinajstić information content (AvgIpc) is 3.18. The Morgan fingerprint density at radius 1 is 1.26 bits per heavy atom. The topological polar surface area (TPSA) is 106 Å². The van der Waals surface area contributed by atoms with Crippen molar-refractivity contribution in [2.75, 3.05) is 54.9 Å². The fraction of sp³-hybridized carbons (Fsp3) is 0.435. The van der Waals surface area contributed by atoms with E-state index in [0.717, 1.165) is 37.6 Å². The molecule has 4 N–H and O–H groups in total. The normalized spacial score (nSPS) is 20.6. The lowest BCUT2D eigenvalue weighted by molar-refractivity contribution is -0.112. The molecule has 4 rings (SSSR count). The number of aromatic nitrogens is 2. The first-order chi connectivity index (χ1) is 16.3. The fourth-order valence-electron chi connectivity index (χ4n) is 3.99. The number of aliphatic hydroxyl groups is 1. The van der Waals surface area contributed by atoms with Gasteiger partial charge in [0.05, 0.1) is 22.2 Å². The number of anilines is 3. The van der Waals surface area contributed by atoms with E-state index < -0.39 is 4.99 Å². The molecule has 2 aliphatic heterocycles. The number of β-amino-alcohol motifs (C(OH)–C–C–N with tert-alkyl or cyclic N) is 1. The Morgan fingerprint density at radius 2 is 2.03 bits per heavy atom. The Hall–Kier alpha value is -2.53. The van der Waals surface area contributed by atoms with Gasteiger partial charge in [-0.15, -0.1) is 0 Å². The van der Waals surface area contributed by atoms with Crippen molar-refractivity contribution in [1.29, 1.82) is 0 Å². The summed E-state index contributed by atoms with van der Waals surface area (Å²) in [6.07, 6.45) is 1.70. The number of aryl methyl sites for hydroxylation is 2. The molecule has 34 heavy (non-hydrogen) atoms. The summed E-state index contributed by atoms with van der Waals surface area (Å²) in [6.45, 7) is 10.1. The van der Waals surface area contributed by atoms with Crippen LogP contribution in [0.4, 0.5) is 17.3 Å². The second kappa shape index (κ2) is 10.4. The molecule has 11 heteroatoms. The molecule has 1 unspecified atom stereocenters. The van der Waals surface area contributed by atoms with Gasteiger partial charge in [0.2, 0.25) is 0 Å². The molecular formula is C23H30ClN7O2S. The van der Waals surface area contributed by atoms with Crippen LogP contribution in [0.5, 0.6) is 0 Å². The molecule has 0 aliphatic carbocycles. The highest BCUT2D eigenvalue weighted by Gasteiger charge is 2.34. The summed E-state index contributed by atoms with van der Waals surface area (Å²) in [5.74, 6) is 1.99. The summed E-state index contributed by atoms with van der Waals surface area (Å²) in [4.78, 5) is 26.4. The highest BCUT2D eigenvalue weighted by atomic mass is 35.5. The molecule has 9 nitrogen and oxygen atoms in total. The summed E-state index contributed by atoms with van der Waals surface area (Å²) >= 11 is 7.64. The van der Waals surface area contributed by atoms with Crippen molar-refractivity contribution in [2.24, 2.45) is 0 Å². The number of nitrogens with one attached hydrogen (secondary N) is 3. The number of amides is 1. The van der Waals surface area contributed by atoms with E-state index in [-0.39, 0.29) is 12.5 Å². The second-order valence-electron chi connectivity index (χ2n) is 8.51. The monoisotopic (exact) mass is 503 g/mol. The van der Waals surface area contributed by atoms with Gasteiger partial charge in [-0.3, -0.25) is 9.69 Å². The van der Waals surface area contributed by atoms with Crippen LogP contribution < -0.4 is 20.9 Å². The number of carbonyl (C=O) groups is 1. The molecule has 1 saturated heterocycles. The van der Waals surface area contributed by atoms with Crippen molar-refractivity contribution in [3.63, 3.8) is 0 Å². The van der Waals surface area contributed by atoms with Gasteiger partial charge < -0.3 is 26.0 Å². The first kappa shape index (κ1) is 24.6. The zero-order chi connectivity index (χ0) is 24.3. The smallest absolute Gasteiger partial charge is 0.263 e. The summed E-state index contributed by atoms with van der Waals surface area (Å²) in [6, 6.07) is 7.45. The summed E-state index contributed by atoms with van der Waals surface area (Å²) in [5.41, 5.74) is 1.52. The van der Waals surface area contributed by atoms with Crippen LogP contribution in [0.1, 0.15) is 18.3 Å². The lowest BCUT2D eigenvalue weighted by Gasteiger charge is -2.35. The average molecular weight is 504 g/mol. The number of hydrogen-bond acceptors (Lipinski definition) is 9. The fourth-order valence-corrected chi connectivity index (χ4v) is 5.23. The van der Waals surface area contributed by atoms with Crippen molar-refractivity contribution in [1.82, 2.24) is 20.2 Å². The van der Waals surface area contributed by atoms with Crippen molar-refractivity contribution in [2.45, 2.75) is 25.8 Å². The molecule has 3 heterocycles. The van der Waals surface area contributed by atoms with Crippen molar-refractivity contribution >= 4 is 46.6 Å². The van der Waals surface area contributed by atoms with Crippen molar-refractivity contribution in [3.8, 4) is 0 Å². The first-order valence-corrected chi connectivity index (χ1v) is 12.4. The number of aliphatic hydroxyl groups excluding tert-OH is 1. The van der Waals surface area contributed by atoms with Crippen LogP contribution in [0, 0.1) is 13.8 Å². The summed E-state index contributed by atoms with van der Waals surface area (Å²) in [5, 5.41) is 19.2. The van der Waals surface area contributed by atoms with Gasteiger partial charge in [0, 0.05) is 45.0 Å². The summed E-state index contributed by atoms with van der Waals surface area (Å²) in [7, 11) is 0. The van der Waals surface area contributed by atoms with E-state index in [9.17, 15) is 4.79 Å². The molecule has 1 aromatic carbocycles. The van der Waals surface area contributed by atoms with Gasteiger partial charge >= 0.3 is 0 Å². The molecule has 1 amide bonds. The van der Waals surface area contributed by atoms with Gasteiger partial charge in [-0.1, -0.05) is 35.5 Å². The Bertz CT molecular complexity index is 1070. The lowest BCUT2D eigenvalue weighted by Crippen LogP contribution is -2.47. The van der Waals surface area contributed by atoms with Crippen LogP contribution in [-0.4, -0.2) is 70.2 Å². The third kappa shape index (κ3) is 5.75. The minimum absolute atomic E-state index is 0.177. The summed E-state index contributed by atoms with van der Waals surface area (Å²) < 4.78 is 0. The van der Waals surface area contributed by atoms with E-state index in [2.05, 4.69) is 35.7 Å². The predicted molar refractivity (Wildman–Crippen MR) is 138 cm³/mol. The van der Waals surface area contributed by atoms with Crippen LogP contribution in [0.2, 0.25) is 5.02 Å². The molecule has 1 fully saturated rings. The Kier molecular flexibility index (Phi) is 7.51. The van der Waals surface area contributed by atoms with E-state index in [1.807, 2.05) is 39.0 Å². The zero-order valence-corrected chi connectivity index (χ0v) is 21.1. The number of para-hydroxylation sites is 1. The molecule has 0 bridgehead atoms. The number of benzene rings is 1. The molecule has 1 atom stereocenters. The Balaban J connectivity index is 1.40. The van der Waals surface area contributed by atoms with Gasteiger partial charge in [-0.05, 0) is 32.4 Å². The Morgan fingerprint density at radius 3 is 2.74 bits per heavy atom. The van der Waals surface area contributed by atoms with E-state index in [0.29, 0.717) is 33.8 Å². The van der Waals surface area contributed by atoms with Crippen LogP contribution in [0.15, 0.2) is 35.4 Å². The highest BCUT2D eigenvalue weighted by molar-refractivity contribution is 8.05. The van der Waals surface area contributed by atoms with Crippen LogP contribution in [0.25, 0.3) is 0 Å². The van der Waals surface area contributed by atoms with Crippen molar-refractivity contribution < 1.29 is 9.90 Å². The van der Waals surface area contributed by atoms with Gasteiger partial charge in [0.15, 0.2) is 4.99 Å². The minimum Gasteiger partial charge on any atom is -0.395 e. The first-order valence-electron chi connectivity index (χ1n) is 11.2. The minimum atomic E-state index is -0.653. The highest BCUT2D eigenvalue weighted by Crippen LogP contribution is 2.37. The molecule has 0 spiro atoms. The third-order valence-electron chi connectivity index (χ3n) is 5.78. The van der Waals surface area contributed by atoms with Crippen LogP contribution in [0.3, 0.4) is 0 Å². The van der Waals surface area contributed by atoms with Crippen LogP contribution >= 0.6 is 23.4 Å². The van der Waals surface area contributed by atoms with Gasteiger partial charge in [-0.2, -0.15) is 0 Å². The number of hydrogen-bond donors (Lipinski definition) is 4. The maximum Gasteiger partial charge on any atom is 0.263 e. The lowest BCUT2D eigenvalue weighted by atomic mass is 10.2. The molecule has 0 radical (unpaired) electrons. The SMILES string of the molecule is Cc1nc(NC2(C)NC=C(C(=O)Nc3c(C)cccc3Cl)S2)cc(N2CCN(CCO)CC2)n1. The molecular weight excluding hydrogens is 474 g/mol. The molecule has 0 saturated carbocycles. The maximum atomic E-state index is 12.9. The number of carbonyl (C=O) groups excluding carboxylic acids is 1. The number of nitrogens with zero attached hydrogens (tertiary/aromatic N) is 4. The molecule has 2 aliphatic rings. The molecule has 182 valence electrons. The van der Waals surface area contributed by atoms with E-state index in [1.54, 1.807) is 12.3 Å². The van der Waals surface area contributed by atoms with E-state index in [4.69, 9.17) is 16.7 Å². The Labute approximate surface area is 209 Å². The molecule has 2 aromatic rings. The number of rotatable bonds is 7. The standard InChI is InChI=1S/C23H30ClN7O2S/c1-15-5-4-6-17(24)21(15)28-22(33)18-14-25-23(3,34-18)29-19-13-20(27-16(2)26-19)31-9-7-30(8-10-31)11-12-32/h4-6,13-14,25,32H,7-12H2,1-3H3,(H,28,33)(H,26,27,29). The second-order valence-corrected chi connectivity index (χ2v) is 10.4. The van der Waals surface area contributed by atoms with Gasteiger partial charge in [-0.25, -0.2) is 9.97 Å². The zero-order valence-electron chi connectivity index (χ0n) is 19.6. The number of thioether (sulfide) groups is 1. The van der Waals surface area contributed by atoms with E-state index >= 15 is 0 Å². The van der Waals surface area contributed by atoms with Gasteiger partial charge in [0.25, 0.3) is 5.91 Å². The largest absolute Gasteiger partial charge is 0.395 e. The number of piperazine rings is 1. The van der Waals surface area contributed by atoms with Crippen molar-refractivity contribution in [3.05, 3.63) is 51.8 Å². The van der Waals surface area contributed by atoms with E-state index in [1.165, 1.54) is 11.8 Å². The van der Waals surface area contributed by atoms with Gasteiger partial charge in [0.1, 0.15) is 17.5 Å².